The number of amides is 1. The molecule has 2 aromatic carbocycles. The number of esters is 1. The molecule has 0 saturated carbocycles. The van der Waals surface area contributed by atoms with Gasteiger partial charge in [-0.05, 0) is 62.1 Å². The Morgan fingerprint density at radius 1 is 0.882 bits per heavy atom. The summed E-state index contributed by atoms with van der Waals surface area (Å²) in [5.41, 5.74) is 4.73. The van der Waals surface area contributed by atoms with Gasteiger partial charge in [0.25, 0.3) is 5.91 Å². The fourth-order valence-electron chi connectivity index (χ4n) is 4.38. The Morgan fingerprint density at radius 3 is 2.15 bits per heavy atom. The van der Waals surface area contributed by atoms with E-state index in [2.05, 4.69) is 24.2 Å². The molecule has 3 aromatic rings. The summed E-state index contributed by atoms with van der Waals surface area (Å²) in [7, 11) is 0. The van der Waals surface area contributed by atoms with Gasteiger partial charge in [-0.2, -0.15) is 5.10 Å². The summed E-state index contributed by atoms with van der Waals surface area (Å²) in [5, 5.41) is 4.55. The molecule has 0 atom stereocenters. The van der Waals surface area contributed by atoms with Crippen LogP contribution in [0.3, 0.4) is 0 Å². The van der Waals surface area contributed by atoms with E-state index in [0.717, 1.165) is 49.3 Å². The van der Waals surface area contributed by atoms with E-state index in [1.807, 2.05) is 41.3 Å². The number of benzene rings is 2. The van der Waals surface area contributed by atoms with Crippen LogP contribution in [-0.4, -0.2) is 46.3 Å². The van der Waals surface area contributed by atoms with Gasteiger partial charge in [0.2, 0.25) is 0 Å². The third-order valence-corrected chi connectivity index (χ3v) is 6.35. The van der Waals surface area contributed by atoms with Crippen LogP contribution in [0.15, 0.2) is 54.6 Å². The van der Waals surface area contributed by atoms with Gasteiger partial charge in [-0.15, -0.1) is 0 Å². The molecule has 0 aliphatic carbocycles. The lowest BCUT2D eigenvalue weighted by Crippen LogP contribution is -2.33. The minimum absolute atomic E-state index is 0.0801. The highest BCUT2D eigenvalue weighted by Crippen LogP contribution is 2.26. The average molecular weight is 460 g/mol. The van der Waals surface area contributed by atoms with E-state index in [9.17, 15) is 9.59 Å². The molecular formula is C28H33N3O3. The van der Waals surface area contributed by atoms with Crippen molar-refractivity contribution in [3.63, 3.8) is 0 Å². The number of likely N-dealkylation sites (tertiary alicyclic amines) is 1. The Morgan fingerprint density at radius 2 is 1.53 bits per heavy atom. The van der Waals surface area contributed by atoms with Crippen LogP contribution in [0, 0.1) is 0 Å². The lowest BCUT2D eigenvalue weighted by molar-refractivity contribution is 0.0518. The van der Waals surface area contributed by atoms with Crippen molar-refractivity contribution in [1.82, 2.24) is 14.7 Å². The molecule has 1 aromatic heterocycles. The van der Waals surface area contributed by atoms with E-state index >= 15 is 0 Å². The van der Waals surface area contributed by atoms with Gasteiger partial charge < -0.3 is 9.64 Å². The number of carbonyl (C=O) groups is 2. The first kappa shape index (κ1) is 23.7. The molecule has 178 valence electrons. The fraction of sp³-hybridized carbons (Fsp3) is 0.393. The zero-order valence-electron chi connectivity index (χ0n) is 20.1. The van der Waals surface area contributed by atoms with E-state index in [-0.39, 0.29) is 11.6 Å². The summed E-state index contributed by atoms with van der Waals surface area (Å²) in [6.07, 6.45) is 6.72. The Kier molecular flexibility index (Phi) is 7.78. The second kappa shape index (κ2) is 11.1. The van der Waals surface area contributed by atoms with Crippen molar-refractivity contribution in [2.45, 2.75) is 52.4 Å². The first-order valence-corrected chi connectivity index (χ1v) is 12.4. The second-order valence-corrected chi connectivity index (χ2v) is 8.70. The van der Waals surface area contributed by atoms with Crippen molar-refractivity contribution in [2.24, 2.45) is 0 Å². The van der Waals surface area contributed by atoms with Crippen LogP contribution in [0.4, 0.5) is 0 Å². The van der Waals surface area contributed by atoms with Gasteiger partial charge in [0, 0.05) is 24.2 Å². The van der Waals surface area contributed by atoms with Gasteiger partial charge in [-0.1, -0.05) is 50.5 Å². The van der Waals surface area contributed by atoms with Gasteiger partial charge in [-0.25, -0.2) is 9.48 Å². The highest BCUT2D eigenvalue weighted by molar-refractivity contribution is 5.94. The molecule has 4 rings (SSSR count). The van der Waals surface area contributed by atoms with Gasteiger partial charge in [0.05, 0.1) is 18.0 Å². The Labute approximate surface area is 201 Å². The lowest BCUT2D eigenvalue weighted by atomic mass is 10.1. The van der Waals surface area contributed by atoms with E-state index in [1.54, 1.807) is 17.7 Å². The maximum absolute atomic E-state index is 13.1. The summed E-state index contributed by atoms with van der Waals surface area (Å²) < 4.78 is 6.92. The summed E-state index contributed by atoms with van der Waals surface area (Å²) in [6.45, 7) is 5.83. The SMILES string of the molecule is CCOC(=O)c1cc(-c2ccc(CC)cc2)n(-c2ccc(C(=O)N3CCCCCCC3)cc2)n1. The predicted molar refractivity (Wildman–Crippen MR) is 133 cm³/mol. The van der Waals surface area contributed by atoms with Crippen LogP contribution in [0.2, 0.25) is 0 Å². The third-order valence-electron chi connectivity index (χ3n) is 6.35. The van der Waals surface area contributed by atoms with Crippen LogP contribution < -0.4 is 0 Å². The summed E-state index contributed by atoms with van der Waals surface area (Å²) >= 11 is 0. The molecule has 6 nitrogen and oxygen atoms in total. The smallest absolute Gasteiger partial charge is 0.358 e. The molecule has 0 spiro atoms. The molecule has 0 bridgehead atoms. The average Bonchev–Trinajstić information content (AvgIpc) is 3.29. The van der Waals surface area contributed by atoms with E-state index < -0.39 is 5.97 Å². The molecule has 0 radical (unpaired) electrons. The van der Waals surface area contributed by atoms with Crippen molar-refractivity contribution < 1.29 is 14.3 Å². The van der Waals surface area contributed by atoms with Crippen molar-refractivity contribution in [3.05, 3.63) is 71.4 Å². The number of aromatic nitrogens is 2. The van der Waals surface area contributed by atoms with Crippen LogP contribution >= 0.6 is 0 Å². The minimum Gasteiger partial charge on any atom is -0.461 e. The Hall–Kier alpha value is -3.41. The maximum atomic E-state index is 13.1. The van der Waals surface area contributed by atoms with Gasteiger partial charge in [-0.3, -0.25) is 4.79 Å². The summed E-state index contributed by atoms with van der Waals surface area (Å²) in [5.74, 6) is -0.368. The minimum atomic E-state index is -0.448. The van der Waals surface area contributed by atoms with Gasteiger partial charge >= 0.3 is 5.97 Å². The first-order chi connectivity index (χ1) is 16.6. The molecule has 1 fully saturated rings. The predicted octanol–water partition coefficient (Wildman–Crippen LogP) is 5.68. The van der Waals surface area contributed by atoms with Crippen LogP contribution in [0.5, 0.6) is 0 Å². The molecule has 34 heavy (non-hydrogen) atoms. The zero-order chi connectivity index (χ0) is 23.9. The van der Waals surface area contributed by atoms with Crippen molar-refractivity contribution in [3.8, 4) is 16.9 Å². The highest BCUT2D eigenvalue weighted by atomic mass is 16.5. The molecule has 0 N–H and O–H groups in total. The summed E-state index contributed by atoms with van der Waals surface area (Å²) in [6, 6.07) is 17.5. The van der Waals surface area contributed by atoms with Crippen LogP contribution in [-0.2, 0) is 11.2 Å². The molecule has 1 saturated heterocycles. The van der Waals surface area contributed by atoms with Gasteiger partial charge in [0.15, 0.2) is 5.69 Å². The largest absolute Gasteiger partial charge is 0.461 e. The number of rotatable bonds is 6. The Balaban J connectivity index is 1.64. The third kappa shape index (κ3) is 5.38. The normalized spacial score (nSPS) is 14.4. The summed E-state index contributed by atoms with van der Waals surface area (Å²) in [4.78, 5) is 27.4. The number of nitrogens with zero attached hydrogens (tertiary/aromatic N) is 3. The van der Waals surface area contributed by atoms with Crippen LogP contribution in [0.1, 0.15) is 72.4 Å². The number of hydrogen-bond acceptors (Lipinski definition) is 4. The topological polar surface area (TPSA) is 64.4 Å². The quantitative estimate of drug-likeness (QED) is 0.445. The van der Waals surface area contributed by atoms with Gasteiger partial charge in [0.1, 0.15) is 0 Å². The van der Waals surface area contributed by atoms with E-state index in [4.69, 9.17) is 4.74 Å². The fourth-order valence-corrected chi connectivity index (χ4v) is 4.38. The number of aryl methyl sites for hydroxylation is 1. The van der Waals surface area contributed by atoms with Crippen LogP contribution in [0.25, 0.3) is 16.9 Å². The monoisotopic (exact) mass is 459 g/mol. The molecule has 0 unspecified atom stereocenters. The molecule has 1 amide bonds. The second-order valence-electron chi connectivity index (χ2n) is 8.70. The molecule has 6 heteroatoms. The first-order valence-electron chi connectivity index (χ1n) is 12.4. The molecule has 1 aliphatic heterocycles. The highest BCUT2D eigenvalue weighted by Gasteiger charge is 2.20. The van der Waals surface area contributed by atoms with Crippen molar-refractivity contribution >= 4 is 11.9 Å². The number of carbonyl (C=O) groups excluding carboxylic acids is 2. The maximum Gasteiger partial charge on any atom is 0.358 e. The standard InChI is InChI=1S/C28H33N3O3/c1-3-21-10-12-22(13-11-21)26-20-25(28(33)34-4-2)29-31(26)24-16-14-23(15-17-24)27(32)30-18-8-6-5-7-9-19-30/h10-17,20H,3-9,18-19H2,1-2H3. The Bertz CT molecular complexity index is 1110. The van der Waals surface area contributed by atoms with E-state index in [0.29, 0.717) is 12.2 Å². The lowest BCUT2D eigenvalue weighted by Gasteiger charge is -2.25. The van der Waals surface area contributed by atoms with Crippen molar-refractivity contribution in [1.29, 1.82) is 0 Å². The van der Waals surface area contributed by atoms with Crippen molar-refractivity contribution in [2.75, 3.05) is 19.7 Å². The molecular weight excluding hydrogens is 426 g/mol. The number of ether oxygens (including phenoxy) is 1. The molecule has 1 aliphatic rings. The zero-order valence-corrected chi connectivity index (χ0v) is 20.1. The molecule has 2 heterocycles. The number of hydrogen-bond donors (Lipinski definition) is 0. The van der Waals surface area contributed by atoms with E-state index in [1.165, 1.54) is 24.8 Å².